The molecule has 0 aromatic heterocycles. The van der Waals surface area contributed by atoms with Crippen LogP contribution in [0.3, 0.4) is 0 Å². The summed E-state index contributed by atoms with van der Waals surface area (Å²) in [7, 11) is 0. The van der Waals surface area contributed by atoms with Gasteiger partial charge in [-0.3, -0.25) is 4.79 Å². The maximum Gasteiger partial charge on any atom is 0.315 e. The van der Waals surface area contributed by atoms with E-state index in [1.165, 1.54) is 17.0 Å². The average molecular weight is 280 g/mol. The highest BCUT2D eigenvalue weighted by atomic mass is 19.1. The van der Waals surface area contributed by atoms with E-state index in [4.69, 9.17) is 10.8 Å². The molecule has 1 aliphatic rings. The molecule has 1 heterocycles. The predicted molar refractivity (Wildman–Crippen MR) is 70.5 cm³/mol. The number of carbonyl (C=O) groups is 2. The Bertz CT molecular complexity index is 547. The van der Waals surface area contributed by atoms with Gasteiger partial charge < -0.3 is 15.7 Å². The van der Waals surface area contributed by atoms with E-state index in [2.05, 4.69) is 0 Å². The minimum absolute atomic E-state index is 0.296. The molecule has 0 radical (unpaired) electrons. The van der Waals surface area contributed by atoms with E-state index >= 15 is 0 Å². The summed E-state index contributed by atoms with van der Waals surface area (Å²) in [5.41, 5.74) is 6.80. The zero-order valence-corrected chi connectivity index (χ0v) is 11.2. The second kappa shape index (κ2) is 5.48. The molecular formula is C14H17FN2O3. The number of nitrogens with zero attached hydrogens (tertiary/aromatic N) is 1. The summed E-state index contributed by atoms with van der Waals surface area (Å²) in [5.74, 6) is -1.75. The van der Waals surface area contributed by atoms with Crippen LogP contribution in [0.1, 0.15) is 30.0 Å². The van der Waals surface area contributed by atoms with Crippen molar-refractivity contribution in [1.29, 1.82) is 0 Å². The average Bonchev–Trinajstić information content (AvgIpc) is 2.37. The van der Waals surface area contributed by atoms with Crippen molar-refractivity contribution in [2.75, 3.05) is 6.54 Å². The van der Waals surface area contributed by atoms with Gasteiger partial charge >= 0.3 is 12.0 Å². The highest BCUT2D eigenvalue weighted by Gasteiger charge is 2.35. The molecule has 0 bridgehead atoms. The second-order valence-electron chi connectivity index (χ2n) is 5.11. The highest BCUT2D eigenvalue weighted by molar-refractivity contribution is 5.74. The highest BCUT2D eigenvalue weighted by Crippen LogP contribution is 2.35. The molecule has 0 saturated carbocycles. The standard InChI is InChI=1S/C14H17FN2O3/c1-8-6-10(15)2-3-11(8)12-7-9(13(18)19)4-5-17(12)14(16)20/h2-3,6,9,12H,4-5,7H2,1H3,(H2,16,20)(H,18,19). The first-order valence-electron chi connectivity index (χ1n) is 6.45. The third-order valence-electron chi connectivity index (χ3n) is 3.83. The van der Waals surface area contributed by atoms with Crippen LogP contribution in [0, 0.1) is 18.7 Å². The number of aryl methyl sites for hydroxylation is 1. The minimum Gasteiger partial charge on any atom is -0.481 e. The van der Waals surface area contributed by atoms with Gasteiger partial charge in [0.25, 0.3) is 0 Å². The summed E-state index contributed by atoms with van der Waals surface area (Å²) in [6.07, 6.45) is 0.680. The van der Waals surface area contributed by atoms with Gasteiger partial charge in [-0.15, -0.1) is 0 Å². The van der Waals surface area contributed by atoms with Gasteiger partial charge in [0.05, 0.1) is 12.0 Å². The quantitative estimate of drug-likeness (QED) is 0.869. The molecule has 2 unspecified atom stereocenters. The van der Waals surface area contributed by atoms with Crippen molar-refractivity contribution in [3.63, 3.8) is 0 Å². The second-order valence-corrected chi connectivity index (χ2v) is 5.11. The maximum atomic E-state index is 13.2. The summed E-state index contributed by atoms with van der Waals surface area (Å²) in [4.78, 5) is 24.1. The molecular weight excluding hydrogens is 263 g/mol. The molecule has 3 N–H and O–H groups in total. The van der Waals surface area contributed by atoms with Crippen molar-refractivity contribution in [2.24, 2.45) is 11.7 Å². The molecule has 1 aromatic rings. The fourth-order valence-corrected chi connectivity index (χ4v) is 2.76. The number of carbonyl (C=O) groups excluding carboxylic acids is 1. The van der Waals surface area contributed by atoms with E-state index in [0.717, 1.165) is 5.56 Å². The SMILES string of the molecule is Cc1cc(F)ccc1C1CC(C(=O)O)CCN1C(N)=O. The molecule has 108 valence electrons. The Morgan fingerprint density at radius 1 is 1.45 bits per heavy atom. The van der Waals surface area contributed by atoms with E-state index in [9.17, 15) is 14.0 Å². The fourth-order valence-electron chi connectivity index (χ4n) is 2.76. The summed E-state index contributed by atoms with van der Waals surface area (Å²) in [6, 6.07) is 3.28. The van der Waals surface area contributed by atoms with Crippen molar-refractivity contribution < 1.29 is 19.1 Å². The van der Waals surface area contributed by atoms with Gasteiger partial charge in [-0.05, 0) is 43.0 Å². The van der Waals surface area contributed by atoms with Gasteiger partial charge in [-0.2, -0.15) is 0 Å². The number of urea groups is 1. The van der Waals surface area contributed by atoms with Crippen LogP contribution in [-0.2, 0) is 4.79 Å². The molecule has 2 atom stereocenters. The Morgan fingerprint density at radius 2 is 2.15 bits per heavy atom. The molecule has 1 aromatic carbocycles. The third kappa shape index (κ3) is 2.74. The number of carboxylic acids is 1. The van der Waals surface area contributed by atoms with Crippen LogP contribution in [0.15, 0.2) is 18.2 Å². The Labute approximate surface area is 116 Å². The first kappa shape index (κ1) is 14.3. The zero-order valence-electron chi connectivity index (χ0n) is 11.2. The van der Waals surface area contributed by atoms with Crippen molar-refractivity contribution in [3.8, 4) is 0 Å². The molecule has 2 amide bonds. The lowest BCUT2D eigenvalue weighted by Gasteiger charge is -2.38. The first-order chi connectivity index (χ1) is 9.40. The Balaban J connectivity index is 2.36. The van der Waals surface area contributed by atoms with Crippen molar-refractivity contribution in [2.45, 2.75) is 25.8 Å². The number of rotatable bonds is 2. The third-order valence-corrected chi connectivity index (χ3v) is 3.83. The molecule has 2 rings (SSSR count). The van der Waals surface area contributed by atoms with Crippen LogP contribution in [0.25, 0.3) is 0 Å². The molecule has 5 nitrogen and oxygen atoms in total. The van der Waals surface area contributed by atoms with Crippen LogP contribution in [0.5, 0.6) is 0 Å². The van der Waals surface area contributed by atoms with Crippen molar-refractivity contribution >= 4 is 12.0 Å². The topological polar surface area (TPSA) is 83.6 Å². The smallest absolute Gasteiger partial charge is 0.315 e. The van der Waals surface area contributed by atoms with Crippen LogP contribution in [0.2, 0.25) is 0 Å². The van der Waals surface area contributed by atoms with Crippen molar-refractivity contribution in [1.82, 2.24) is 4.90 Å². The first-order valence-corrected chi connectivity index (χ1v) is 6.45. The normalized spacial score (nSPS) is 22.6. The Morgan fingerprint density at radius 3 is 2.70 bits per heavy atom. The van der Waals surface area contributed by atoms with Gasteiger partial charge in [-0.1, -0.05) is 6.07 Å². The van der Waals surface area contributed by atoms with E-state index in [1.54, 1.807) is 13.0 Å². The maximum absolute atomic E-state index is 13.2. The molecule has 1 aliphatic heterocycles. The number of amides is 2. The number of hydrogen-bond acceptors (Lipinski definition) is 2. The molecule has 20 heavy (non-hydrogen) atoms. The van der Waals surface area contributed by atoms with Crippen molar-refractivity contribution in [3.05, 3.63) is 35.1 Å². The lowest BCUT2D eigenvalue weighted by atomic mass is 9.86. The van der Waals surface area contributed by atoms with E-state index in [0.29, 0.717) is 24.9 Å². The summed E-state index contributed by atoms with van der Waals surface area (Å²) in [5, 5.41) is 9.15. The summed E-state index contributed by atoms with van der Waals surface area (Å²) in [6.45, 7) is 2.04. The summed E-state index contributed by atoms with van der Waals surface area (Å²) >= 11 is 0. The largest absolute Gasteiger partial charge is 0.481 e. The summed E-state index contributed by atoms with van der Waals surface area (Å²) < 4.78 is 13.2. The van der Waals surface area contributed by atoms with E-state index < -0.39 is 24.0 Å². The molecule has 0 spiro atoms. The number of nitrogens with two attached hydrogens (primary N) is 1. The van der Waals surface area contributed by atoms with Crippen LogP contribution < -0.4 is 5.73 Å². The Kier molecular flexibility index (Phi) is 3.92. The number of halogens is 1. The van der Waals surface area contributed by atoms with Crippen LogP contribution in [-0.4, -0.2) is 28.6 Å². The number of piperidine rings is 1. The number of aliphatic carboxylic acids is 1. The number of primary amides is 1. The minimum atomic E-state index is -0.876. The van der Waals surface area contributed by atoms with E-state index in [-0.39, 0.29) is 5.82 Å². The van der Waals surface area contributed by atoms with Gasteiger partial charge in [-0.25, -0.2) is 9.18 Å². The van der Waals surface area contributed by atoms with Gasteiger partial charge in [0.1, 0.15) is 5.82 Å². The molecule has 1 saturated heterocycles. The van der Waals surface area contributed by atoms with E-state index in [1.807, 2.05) is 0 Å². The molecule has 6 heteroatoms. The number of hydrogen-bond donors (Lipinski definition) is 2. The van der Waals surface area contributed by atoms with Gasteiger partial charge in [0, 0.05) is 6.54 Å². The lowest BCUT2D eigenvalue weighted by molar-refractivity contribution is -0.143. The number of benzene rings is 1. The molecule has 0 aliphatic carbocycles. The number of carboxylic acid groups (broad SMARTS) is 1. The fraction of sp³-hybridized carbons (Fsp3) is 0.429. The number of likely N-dealkylation sites (tertiary alicyclic amines) is 1. The van der Waals surface area contributed by atoms with Gasteiger partial charge in [0.15, 0.2) is 0 Å². The zero-order chi connectivity index (χ0) is 14.9. The van der Waals surface area contributed by atoms with Crippen LogP contribution in [0.4, 0.5) is 9.18 Å². The van der Waals surface area contributed by atoms with Crippen LogP contribution >= 0.6 is 0 Å². The monoisotopic (exact) mass is 280 g/mol. The predicted octanol–water partition coefficient (Wildman–Crippen LogP) is 2.05. The lowest BCUT2D eigenvalue weighted by Crippen LogP contribution is -2.45. The molecule has 1 fully saturated rings. The van der Waals surface area contributed by atoms with Gasteiger partial charge in [0.2, 0.25) is 0 Å². The Hall–Kier alpha value is -2.11.